The van der Waals surface area contributed by atoms with Crippen LogP contribution in [-0.2, 0) is 9.53 Å². The molecule has 0 aromatic heterocycles. The van der Waals surface area contributed by atoms with Gasteiger partial charge in [-0.25, -0.2) is 0 Å². The quantitative estimate of drug-likeness (QED) is 0.657. The molecule has 1 rings (SSSR count). The van der Waals surface area contributed by atoms with Gasteiger partial charge in [-0.1, -0.05) is 13.8 Å². The highest BCUT2D eigenvalue weighted by Gasteiger charge is 2.38. The van der Waals surface area contributed by atoms with Crippen LogP contribution >= 0.6 is 0 Å². The van der Waals surface area contributed by atoms with Crippen molar-refractivity contribution in [1.29, 1.82) is 0 Å². The lowest BCUT2D eigenvalue weighted by atomic mass is 9.80. The summed E-state index contributed by atoms with van der Waals surface area (Å²) >= 11 is 0. The zero-order valence-electron chi connectivity index (χ0n) is 9.27. The molecule has 1 fully saturated rings. The maximum absolute atomic E-state index is 11.9. The lowest BCUT2D eigenvalue weighted by Gasteiger charge is -2.24. The SMILES string of the molecule is CCCOCC(=O)C1(CC)CCNC1. The van der Waals surface area contributed by atoms with Crippen molar-refractivity contribution in [2.24, 2.45) is 5.41 Å². The van der Waals surface area contributed by atoms with Crippen molar-refractivity contribution >= 4 is 5.78 Å². The van der Waals surface area contributed by atoms with Gasteiger partial charge in [-0.15, -0.1) is 0 Å². The van der Waals surface area contributed by atoms with E-state index in [2.05, 4.69) is 19.2 Å². The van der Waals surface area contributed by atoms with Gasteiger partial charge in [0, 0.05) is 18.6 Å². The van der Waals surface area contributed by atoms with Crippen LogP contribution in [0, 0.1) is 5.41 Å². The molecule has 1 N–H and O–H groups in total. The van der Waals surface area contributed by atoms with E-state index in [0.29, 0.717) is 13.2 Å². The first-order valence-electron chi connectivity index (χ1n) is 5.57. The Balaban J connectivity index is 2.40. The monoisotopic (exact) mass is 199 g/mol. The summed E-state index contributed by atoms with van der Waals surface area (Å²) in [7, 11) is 0. The lowest BCUT2D eigenvalue weighted by molar-refractivity contribution is -0.132. The van der Waals surface area contributed by atoms with Gasteiger partial charge in [0.05, 0.1) is 0 Å². The van der Waals surface area contributed by atoms with E-state index in [-0.39, 0.29) is 11.2 Å². The summed E-state index contributed by atoms with van der Waals surface area (Å²) in [4.78, 5) is 11.9. The van der Waals surface area contributed by atoms with Crippen molar-refractivity contribution in [1.82, 2.24) is 5.32 Å². The van der Waals surface area contributed by atoms with Crippen LogP contribution in [0.3, 0.4) is 0 Å². The average Bonchev–Trinajstić information content (AvgIpc) is 2.67. The fourth-order valence-corrected chi connectivity index (χ4v) is 1.94. The highest BCUT2D eigenvalue weighted by molar-refractivity contribution is 5.86. The number of ether oxygens (including phenoxy) is 1. The smallest absolute Gasteiger partial charge is 0.165 e. The number of hydrogen-bond donors (Lipinski definition) is 1. The number of hydrogen-bond acceptors (Lipinski definition) is 3. The molecular weight excluding hydrogens is 178 g/mol. The first-order valence-corrected chi connectivity index (χ1v) is 5.57. The second-order valence-corrected chi connectivity index (χ2v) is 4.04. The summed E-state index contributed by atoms with van der Waals surface area (Å²) in [5.41, 5.74) is -0.131. The molecule has 3 nitrogen and oxygen atoms in total. The second kappa shape index (κ2) is 5.47. The number of ketones is 1. The number of carbonyl (C=O) groups is 1. The van der Waals surface area contributed by atoms with Crippen LogP contribution in [0.5, 0.6) is 0 Å². The van der Waals surface area contributed by atoms with Crippen LogP contribution in [0.1, 0.15) is 33.1 Å². The number of Topliss-reactive ketones (excluding diaryl/α,β-unsaturated/α-hetero) is 1. The molecule has 0 aliphatic carbocycles. The van der Waals surface area contributed by atoms with E-state index in [1.54, 1.807) is 0 Å². The van der Waals surface area contributed by atoms with Gasteiger partial charge in [-0.3, -0.25) is 4.79 Å². The molecule has 1 atom stereocenters. The van der Waals surface area contributed by atoms with Gasteiger partial charge in [-0.2, -0.15) is 0 Å². The summed E-state index contributed by atoms with van der Waals surface area (Å²) in [5.74, 6) is 0.276. The first-order chi connectivity index (χ1) is 6.75. The molecular formula is C11H21NO2. The summed E-state index contributed by atoms with van der Waals surface area (Å²) in [6, 6.07) is 0. The molecule has 1 unspecified atom stereocenters. The van der Waals surface area contributed by atoms with Crippen LogP contribution < -0.4 is 5.32 Å². The van der Waals surface area contributed by atoms with E-state index >= 15 is 0 Å². The predicted molar refractivity (Wildman–Crippen MR) is 56.3 cm³/mol. The molecule has 82 valence electrons. The maximum atomic E-state index is 11.9. The molecule has 1 heterocycles. The molecule has 1 saturated heterocycles. The van der Waals surface area contributed by atoms with Crippen LogP contribution in [0.2, 0.25) is 0 Å². The van der Waals surface area contributed by atoms with Crippen molar-refractivity contribution < 1.29 is 9.53 Å². The Kier molecular flexibility index (Phi) is 4.55. The minimum atomic E-state index is -0.131. The van der Waals surface area contributed by atoms with E-state index in [1.807, 2.05) is 0 Å². The average molecular weight is 199 g/mol. The van der Waals surface area contributed by atoms with Crippen molar-refractivity contribution in [3.8, 4) is 0 Å². The molecule has 0 saturated carbocycles. The molecule has 14 heavy (non-hydrogen) atoms. The van der Waals surface area contributed by atoms with E-state index < -0.39 is 0 Å². The minimum Gasteiger partial charge on any atom is -0.374 e. The van der Waals surface area contributed by atoms with Crippen molar-refractivity contribution in [2.75, 3.05) is 26.3 Å². The summed E-state index contributed by atoms with van der Waals surface area (Å²) in [6.07, 6.45) is 2.87. The molecule has 0 spiro atoms. The Morgan fingerprint density at radius 2 is 2.29 bits per heavy atom. The fraction of sp³-hybridized carbons (Fsp3) is 0.909. The summed E-state index contributed by atoms with van der Waals surface area (Å²) < 4.78 is 5.31. The van der Waals surface area contributed by atoms with Gasteiger partial charge in [0.15, 0.2) is 5.78 Å². The van der Waals surface area contributed by atoms with Gasteiger partial charge < -0.3 is 10.1 Å². The molecule has 0 aromatic rings. The third-order valence-electron chi connectivity index (χ3n) is 3.09. The van der Waals surface area contributed by atoms with E-state index in [0.717, 1.165) is 32.4 Å². The molecule has 1 aliphatic rings. The molecule has 3 heteroatoms. The van der Waals surface area contributed by atoms with E-state index in [9.17, 15) is 4.79 Å². The number of rotatable bonds is 6. The van der Waals surface area contributed by atoms with Gasteiger partial charge in [0.2, 0.25) is 0 Å². The Labute approximate surface area is 86.2 Å². The van der Waals surface area contributed by atoms with Crippen LogP contribution in [0.15, 0.2) is 0 Å². The molecule has 0 radical (unpaired) electrons. The van der Waals surface area contributed by atoms with Crippen LogP contribution in [-0.4, -0.2) is 32.1 Å². The van der Waals surface area contributed by atoms with Crippen molar-refractivity contribution in [3.63, 3.8) is 0 Å². The molecule has 1 aliphatic heterocycles. The maximum Gasteiger partial charge on any atom is 0.165 e. The summed E-state index contributed by atoms with van der Waals surface area (Å²) in [5, 5.41) is 3.26. The zero-order valence-corrected chi connectivity index (χ0v) is 9.27. The zero-order chi connectivity index (χ0) is 10.4. The normalized spacial score (nSPS) is 26.7. The predicted octanol–water partition coefficient (Wildman–Crippen LogP) is 1.37. The highest BCUT2D eigenvalue weighted by atomic mass is 16.5. The molecule has 0 amide bonds. The summed E-state index contributed by atoms with van der Waals surface area (Å²) in [6.45, 7) is 6.93. The Morgan fingerprint density at radius 3 is 2.79 bits per heavy atom. The first kappa shape index (κ1) is 11.7. The second-order valence-electron chi connectivity index (χ2n) is 4.04. The van der Waals surface area contributed by atoms with Crippen LogP contribution in [0.25, 0.3) is 0 Å². The highest BCUT2D eigenvalue weighted by Crippen LogP contribution is 2.30. The third-order valence-corrected chi connectivity index (χ3v) is 3.09. The minimum absolute atomic E-state index is 0.131. The van der Waals surface area contributed by atoms with Crippen molar-refractivity contribution in [2.45, 2.75) is 33.1 Å². The Bertz CT molecular complexity index is 186. The number of carbonyl (C=O) groups excluding carboxylic acids is 1. The lowest BCUT2D eigenvalue weighted by Crippen LogP contribution is -2.35. The van der Waals surface area contributed by atoms with Gasteiger partial charge in [0.1, 0.15) is 6.61 Å². The van der Waals surface area contributed by atoms with Crippen molar-refractivity contribution in [3.05, 3.63) is 0 Å². The fourth-order valence-electron chi connectivity index (χ4n) is 1.94. The number of nitrogens with one attached hydrogen (secondary N) is 1. The Morgan fingerprint density at radius 1 is 1.50 bits per heavy atom. The molecule has 0 aromatic carbocycles. The van der Waals surface area contributed by atoms with Crippen LogP contribution in [0.4, 0.5) is 0 Å². The van der Waals surface area contributed by atoms with Gasteiger partial charge >= 0.3 is 0 Å². The van der Waals surface area contributed by atoms with Gasteiger partial charge in [0.25, 0.3) is 0 Å². The van der Waals surface area contributed by atoms with Gasteiger partial charge in [-0.05, 0) is 25.8 Å². The Hall–Kier alpha value is -0.410. The van der Waals surface area contributed by atoms with E-state index in [1.165, 1.54) is 0 Å². The molecule has 0 bridgehead atoms. The standard InChI is InChI=1S/C11H21NO2/c1-3-7-14-8-10(13)11(4-2)5-6-12-9-11/h12H,3-9H2,1-2H3. The van der Waals surface area contributed by atoms with E-state index in [4.69, 9.17) is 4.74 Å². The third kappa shape index (κ3) is 2.55. The largest absolute Gasteiger partial charge is 0.374 e. The topological polar surface area (TPSA) is 38.3 Å².